The van der Waals surface area contributed by atoms with Crippen molar-refractivity contribution in [3.05, 3.63) is 99.0 Å². The van der Waals surface area contributed by atoms with Crippen molar-refractivity contribution in [2.24, 2.45) is 5.16 Å². The first-order valence-electron chi connectivity index (χ1n) is 14.0. The van der Waals surface area contributed by atoms with Gasteiger partial charge >= 0.3 is 0 Å². The Morgan fingerprint density at radius 2 is 1.98 bits per heavy atom. The van der Waals surface area contributed by atoms with Crippen molar-refractivity contribution in [1.82, 2.24) is 14.8 Å². The van der Waals surface area contributed by atoms with Crippen molar-refractivity contribution >= 4 is 17.5 Å². The van der Waals surface area contributed by atoms with Crippen molar-refractivity contribution in [2.45, 2.75) is 63.6 Å². The van der Waals surface area contributed by atoms with Crippen LogP contribution in [0.25, 0.3) is 0 Å². The predicted molar refractivity (Wildman–Crippen MR) is 151 cm³/mol. The number of fused-ring (bicyclic) bond motifs is 5. The van der Waals surface area contributed by atoms with E-state index in [0.717, 1.165) is 11.6 Å². The van der Waals surface area contributed by atoms with Gasteiger partial charge in [0.25, 0.3) is 11.8 Å². The normalized spacial score (nSPS) is 24.2. The molecule has 3 aliphatic rings. The fourth-order valence-electron chi connectivity index (χ4n) is 6.08. The molecule has 12 heteroatoms. The van der Waals surface area contributed by atoms with Crippen LogP contribution in [0.15, 0.2) is 64.7 Å². The zero-order valence-corrected chi connectivity index (χ0v) is 23.5. The molecule has 1 fully saturated rings. The lowest BCUT2D eigenvalue weighted by Gasteiger charge is -2.43. The third kappa shape index (κ3) is 4.85. The average Bonchev–Trinajstić information content (AvgIpc) is 3.20. The molecule has 2 amide bonds. The number of aliphatic hydroxyl groups excluding tert-OH is 1. The van der Waals surface area contributed by atoms with Crippen LogP contribution in [0.3, 0.4) is 0 Å². The SMILES string of the molecule is CC1=NO[C@@]2(CC[C@H](C)N3C[C@H]2n2cc(C(=O)NCc4ccc(F)cc4F)c(=O)c(OCc4ccccc4)c2C3=O)[C@H]1O. The molecule has 3 aliphatic heterocycles. The van der Waals surface area contributed by atoms with Crippen LogP contribution < -0.4 is 15.5 Å². The number of oxime groups is 1. The zero-order chi connectivity index (χ0) is 30.5. The summed E-state index contributed by atoms with van der Waals surface area (Å²) in [6.45, 7) is 3.29. The van der Waals surface area contributed by atoms with Gasteiger partial charge in [-0.15, -0.1) is 0 Å². The Labute approximate surface area is 245 Å². The fourth-order valence-corrected chi connectivity index (χ4v) is 6.08. The zero-order valence-electron chi connectivity index (χ0n) is 23.5. The minimum atomic E-state index is -1.26. The van der Waals surface area contributed by atoms with Crippen molar-refractivity contribution in [2.75, 3.05) is 6.54 Å². The molecule has 43 heavy (non-hydrogen) atoms. The van der Waals surface area contributed by atoms with Crippen LogP contribution in [0.5, 0.6) is 5.75 Å². The second-order valence-corrected chi connectivity index (χ2v) is 11.2. The topological polar surface area (TPSA) is 122 Å². The van der Waals surface area contributed by atoms with Crippen LogP contribution in [0.1, 0.15) is 64.7 Å². The quantitative estimate of drug-likeness (QED) is 0.453. The summed E-state index contributed by atoms with van der Waals surface area (Å²) in [7, 11) is 0. The van der Waals surface area contributed by atoms with Gasteiger partial charge < -0.3 is 29.5 Å². The van der Waals surface area contributed by atoms with E-state index in [1.165, 1.54) is 16.8 Å². The van der Waals surface area contributed by atoms with E-state index >= 15 is 0 Å². The summed E-state index contributed by atoms with van der Waals surface area (Å²) in [5.74, 6) is -3.23. The van der Waals surface area contributed by atoms with Crippen molar-refractivity contribution in [3.63, 3.8) is 0 Å². The number of ether oxygens (including phenoxy) is 1. The molecule has 2 aromatic carbocycles. The van der Waals surface area contributed by atoms with Gasteiger partial charge in [0, 0.05) is 37.0 Å². The number of nitrogens with one attached hydrogen (secondary N) is 1. The van der Waals surface area contributed by atoms with Gasteiger partial charge in [-0.2, -0.15) is 0 Å². The van der Waals surface area contributed by atoms with Gasteiger partial charge in [-0.1, -0.05) is 41.6 Å². The molecule has 6 rings (SSSR count). The first-order chi connectivity index (χ1) is 20.6. The van der Waals surface area contributed by atoms with E-state index < -0.39 is 46.6 Å². The summed E-state index contributed by atoms with van der Waals surface area (Å²) < 4.78 is 35.1. The number of halogens is 2. The van der Waals surface area contributed by atoms with E-state index in [0.29, 0.717) is 24.6 Å². The number of hydrogen-bond donors (Lipinski definition) is 2. The number of carbonyl (C=O) groups is 2. The van der Waals surface area contributed by atoms with Crippen molar-refractivity contribution < 1.29 is 33.1 Å². The Bertz CT molecular complexity index is 1690. The number of amides is 2. The van der Waals surface area contributed by atoms with Crippen LogP contribution in [0.4, 0.5) is 8.78 Å². The molecule has 224 valence electrons. The first-order valence-corrected chi connectivity index (χ1v) is 14.0. The Morgan fingerprint density at radius 1 is 1.21 bits per heavy atom. The molecule has 4 atom stereocenters. The first kappa shape index (κ1) is 28.5. The summed E-state index contributed by atoms with van der Waals surface area (Å²) in [4.78, 5) is 48.9. The summed E-state index contributed by atoms with van der Waals surface area (Å²) >= 11 is 0. The number of carbonyl (C=O) groups excluding carboxylic acids is 2. The van der Waals surface area contributed by atoms with Gasteiger partial charge in [-0.25, -0.2) is 8.78 Å². The highest BCUT2D eigenvalue weighted by atomic mass is 19.1. The van der Waals surface area contributed by atoms with Crippen LogP contribution in [0.2, 0.25) is 0 Å². The summed E-state index contributed by atoms with van der Waals surface area (Å²) in [6, 6.07) is 11.0. The molecule has 1 spiro atoms. The van der Waals surface area contributed by atoms with Crippen molar-refractivity contribution in [1.29, 1.82) is 0 Å². The largest absolute Gasteiger partial charge is 0.483 e. The maximum absolute atomic E-state index is 14.3. The molecule has 10 nitrogen and oxygen atoms in total. The highest BCUT2D eigenvalue weighted by Gasteiger charge is 2.58. The molecular weight excluding hydrogens is 562 g/mol. The lowest BCUT2D eigenvalue weighted by molar-refractivity contribution is -0.114. The second-order valence-electron chi connectivity index (χ2n) is 11.2. The number of benzene rings is 2. The average molecular weight is 593 g/mol. The van der Waals surface area contributed by atoms with Gasteiger partial charge in [0.15, 0.2) is 17.0 Å². The predicted octanol–water partition coefficient (Wildman–Crippen LogP) is 3.32. The molecule has 0 unspecified atom stereocenters. The van der Waals surface area contributed by atoms with E-state index in [1.54, 1.807) is 36.1 Å². The Hall–Kier alpha value is -4.58. The van der Waals surface area contributed by atoms with E-state index in [9.17, 15) is 28.3 Å². The maximum atomic E-state index is 14.3. The molecule has 0 aliphatic carbocycles. The van der Waals surface area contributed by atoms with Crippen LogP contribution in [0, 0.1) is 11.6 Å². The van der Waals surface area contributed by atoms with E-state index in [1.807, 2.05) is 13.0 Å². The Balaban J connectivity index is 1.47. The number of nitrogens with zero attached hydrogens (tertiary/aromatic N) is 3. The van der Waals surface area contributed by atoms with Crippen molar-refractivity contribution in [3.8, 4) is 5.75 Å². The molecule has 2 N–H and O–H groups in total. The number of rotatable bonds is 6. The third-order valence-electron chi connectivity index (χ3n) is 8.55. The molecule has 0 radical (unpaired) electrons. The number of pyridine rings is 1. The minimum Gasteiger partial charge on any atom is -0.483 e. The highest BCUT2D eigenvalue weighted by Crippen LogP contribution is 2.46. The molecule has 1 saturated heterocycles. The van der Waals surface area contributed by atoms with Crippen LogP contribution >= 0.6 is 0 Å². The number of aliphatic hydroxyl groups is 1. The lowest BCUT2D eigenvalue weighted by atomic mass is 9.82. The monoisotopic (exact) mass is 592 g/mol. The molecule has 4 heterocycles. The smallest absolute Gasteiger partial charge is 0.274 e. The molecular formula is C31H30F2N4O6. The third-order valence-corrected chi connectivity index (χ3v) is 8.55. The Morgan fingerprint density at radius 3 is 2.67 bits per heavy atom. The molecule has 2 bridgehead atoms. The van der Waals surface area contributed by atoms with Crippen LogP contribution in [-0.2, 0) is 18.0 Å². The number of hydrogen-bond acceptors (Lipinski definition) is 7. The van der Waals surface area contributed by atoms with Gasteiger partial charge in [0.2, 0.25) is 5.43 Å². The van der Waals surface area contributed by atoms with Gasteiger partial charge in [0.1, 0.15) is 29.9 Å². The summed E-state index contributed by atoms with van der Waals surface area (Å²) in [5.41, 5.74) is -1.38. The van der Waals surface area contributed by atoms with Gasteiger partial charge in [-0.05, 0) is 38.3 Å². The summed E-state index contributed by atoms with van der Waals surface area (Å²) in [5, 5.41) is 17.9. The maximum Gasteiger partial charge on any atom is 0.274 e. The van der Waals surface area contributed by atoms with Gasteiger partial charge in [-0.3, -0.25) is 14.4 Å². The second kappa shape index (κ2) is 10.9. The van der Waals surface area contributed by atoms with E-state index in [4.69, 9.17) is 9.57 Å². The summed E-state index contributed by atoms with van der Waals surface area (Å²) in [6.07, 6.45) is 1.02. The number of aromatic nitrogens is 1. The van der Waals surface area contributed by atoms with E-state index in [2.05, 4.69) is 10.5 Å². The molecule has 1 aromatic heterocycles. The lowest BCUT2D eigenvalue weighted by Crippen LogP contribution is -2.56. The highest BCUT2D eigenvalue weighted by molar-refractivity contribution is 5.99. The fraction of sp³-hybridized carbons (Fsp3) is 0.355. The standard InChI is InChI=1S/C31H30F2N4O6/c1-17-10-11-31(28(39)18(2)35-43-31)24-15-36(17)30(41)25-27(42-16-19-6-4-3-5-7-19)26(38)22(14-37(24)25)29(40)34-13-20-8-9-21(32)12-23(20)33/h3-9,12,14,17,24,28,39H,10-11,13,15-16H2,1-2H3,(H,34,40)/t17-,24+,28-,31+/m0/s1. The molecule has 3 aromatic rings. The molecule has 0 saturated carbocycles. The van der Waals surface area contributed by atoms with Crippen LogP contribution in [-0.4, -0.2) is 56.4 Å². The van der Waals surface area contributed by atoms with E-state index in [-0.39, 0.29) is 48.3 Å². The minimum absolute atomic E-state index is 0.0194. The Kier molecular flexibility index (Phi) is 7.25. The van der Waals surface area contributed by atoms with Gasteiger partial charge in [0.05, 0.1) is 11.8 Å².